The molecule has 1 heterocycles. The summed E-state index contributed by atoms with van der Waals surface area (Å²) in [4.78, 5) is 0. The molecule has 1 aromatic carbocycles. The summed E-state index contributed by atoms with van der Waals surface area (Å²) in [6, 6.07) is 4.44. The highest BCUT2D eigenvalue weighted by molar-refractivity contribution is 5.51. The summed E-state index contributed by atoms with van der Waals surface area (Å²) in [5.74, 6) is 1.59. The standard InChI is InChI=1S/C16H25NO/c1-11(2)13-8-7-12(3)15(18-5)14(13)16(4)9-6-10-17-16/h7-8,11,17H,6,9-10H2,1-5H3. The van der Waals surface area contributed by atoms with Gasteiger partial charge in [0, 0.05) is 11.1 Å². The topological polar surface area (TPSA) is 21.3 Å². The van der Waals surface area contributed by atoms with Crippen LogP contribution in [0.1, 0.15) is 56.2 Å². The second kappa shape index (κ2) is 4.93. The number of aryl methyl sites for hydroxylation is 1. The Kier molecular flexibility index (Phi) is 3.67. The van der Waals surface area contributed by atoms with Crippen LogP contribution in [0.25, 0.3) is 0 Å². The lowest BCUT2D eigenvalue weighted by Crippen LogP contribution is -2.35. The molecule has 0 radical (unpaired) electrons. The number of rotatable bonds is 3. The van der Waals surface area contributed by atoms with Crippen molar-refractivity contribution in [2.45, 2.75) is 52.0 Å². The van der Waals surface area contributed by atoms with E-state index in [2.05, 4.69) is 45.1 Å². The molecule has 1 atom stereocenters. The Morgan fingerprint density at radius 2 is 2.06 bits per heavy atom. The summed E-state index contributed by atoms with van der Waals surface area (Å²) in [7, 11) is 1.79. The molecule has 1 N–H and O–H groups in total. The maximum Gasteiger partial charge on any atom is 0.127 e. The molecule has 0 aliphatic carbocycles. The molecule has 0 bridgehead atoms. The first kappa shape index (κ1) is 13.4. The zero-order valence-corrected chi connectivity index (χ0v) is 12.3. The van der Waals surface area contributed by atoms with E-state index in [0.717, 1.165) is 12.3 Å². The predicted octanol–water partition coefficient (Wildman–Crippen LogP) is 3.73. The molecular weight excluding hydrogens is 222 g/mol. The lowest BCUT2D eigenvalue weighted by Gasteiger charge is -2.31. The molecule has 2 rings (SSSR count). The maximum absolute atomic E-state index is 5.70. The summed E-state index contributed by atoms with van der Waals surface area (Å²) < 4.78 is 5.70. The minimum absolute atomic E-state index is 0.0664. The van der Waals surface area contributed by atoms with Crippen LogP contribution < -0.4 is 10.1 Å². The van der Waals surface area contributed by atoms with Crippen LogP contribution >= 0.6 is 0 Å². The number of methoxy groups -OCH3 is 1. The van der Waals surface area contributed by atoms with Crippen molar-refractivity contribution >= 4 is 0 Å². The van der Waals surface area contributed by atoms with Gasteiger partial charge in [0.15, 0.2) is 0 Å². The normalized spacial score (nSPS) is 23.7. The van der Waals surface area contributed by atoms with Crippen LogP contribution in [0.5, 0.6) is 5.75 Å². The van der Waals surface area contributed by atoms with Crippen LogP contribution in [0.15, 0.2) is 12.1 Å². The monoisotopic (exact) mass is 247 g/mol. The van der Waals surface area contributed by atoms with E-state index in [0.29, 0.717) is 5.92 Å². The molecule has 0 spiro atoms. The summed E-state index contributed by atoms with van der Waals surface area (Å²) >= 11 is 0. The van der Waals surface area contributed by atoms with Crippen LogP contribution in [0, 0.1) is 6.92 Å². The molecule has 2 nitrogen and oxygen atoms in total. The zero-order valence-electron chi connectivity index (χ0n) is 12.3. The van der Waals surface area contributed by atoms with E-state index < -0.39 is 0 Å². The number of benzene rings is 1. The molecule has 0 aromatic heterocycles. The summed E-state index contributed by atoms with van der Waals surface area (Å²) in [6.45, 7) is 10.1. The minimum atomic E-state index is 0.0664. The molecule has 1 aliphatic heterocycles. The van der Waals surface area contributed by atoms with E-state index >= 15 is 0 Å². The number of ether oxygens (including phenoxy) is 1. The third kappa shape index (κ3) is 2.14. The van der Waals surface area contributed by atoms with Crippen molar-refractivity contribution in [3.8, 4) is 5.75 Å². The summed E-state index contributed by atoms with van der Waals surface area (Å²) in [5.41, 5.74) is 4.08. The Labute approximate surface area is 111 Å². The molecule has 0 saturated carbocycles. The van der Waals surface area contributed by atoms with Crippen molar-refractivity contribution in [2.75, 3.05) is 13.7 Å². The van der Waals surface area contributed by atoms with Crippen molar-refractivity contribution in [3.05, 3.63) is 28.8 Å². The van der Waals surface area contributed by atoms with Gasteiger partial charge in [0.1, 0.15) is 5.75 Å². The van der Waals surface area contributed by atoms with Crippen LogP contribution in [0.3, 0.4) is 0 Å². The Balaban J connectivity index is 2.64. The van der Waals surface area contributed by atoms with Crippen LogP contribution in [0.2, 0.25) is 0 Å². The molecule has 18 heavy (non-hydrogen) atoms. The van der Waals surface area contributed by atoms with Gasteiger partial charge in [0.05, 0.1) is 7.11 Å². The average Bonchev–Trinajstić information content (AvgIpc) is 2.76. The Morgan fingerprint density at radius 1 is 1.33 bits per heavy atom. The molecule has 1 aromatic rings. The van der Waals surface area contributed by atoms with Gasteiger partial charge in [-0.2, -0.15) is 0 Å². The second-order valence-corrected chi connectivity index (χ2v) is 5.90. The molecule has 1 unspecified atom stereocenters. The van der Waals surface area contributed by atoms with Gasteiger partial charge in [-0.15, -0.1) is 0 Å². The van der Waals surface area contributed by atoms with Crippen molar-refractivity contribution < 1.29 is 4.74 Å². The lowest BCUT2D eigenvalue weighted by atomic mass is 9.81. The van der Waals surface area contributed by atoms with Crippen molar-refractivity contribution in [2.24, 2.45) is 0 Å². The highest BCUT2D eigenvalue weighted by atomic mass is 16.5. The quantitative estimate of drug-likeness (QED) is 0.879. The van der Waals surface area contributed by atoms with E-state index in [4.69, 9.17) is 4.74 Å². The van der Waals surface area contributed by atoms with Crippen molar-refractivity contribution in [3.63, 3.8) is 0 Å². The van der Waals surface area contributed by atoms with Gasteiger partial charge in [0.2, 0.25) is 0 Å². The third-order valence-electron chi connectivity index (χ3n) is 4.13. The number of hydrogen-bond acceptors (Lipinski definition) is 2. The summed E-state index contributed by atoms with van der Waals surface area (Å²) in [6.07, 6.45) is 2.43. The lowest BCUT2D eigenvalue weighted by molar-refractivity contribution is 0.365. The molecule has 1 aliphatic rings. The smallest absolute Gasteiger partial charge is 0.127 e. The highest BCUT2D eigenvalue weighted by Gasteiger charge is 2.35. The first-order valence-corrected chi connectivity index (χ1v) is 6.92. The van der Waals surface area contributed by atoms with Gasteiger partial charge < -0.3 is 10.1 Å². The average molecular weight is 247 g/mol. The maximum atomic E-state index is 5.70. The molecule has 100 valence electrons. The van der Waals surface area contributed by atoms with Crippen LogP contribution in [-0.2, 0) is 5.54 Å². The van der Waals surface area contributed by atoms with Gasteiger partial charge in [-0.25, -0.2) is 0 Å². The van der Waals surface area contributed by atoms with E-state index in [1.54, 1.807) is 7.11 Å². The molecule has 1 fully saturated rings. The van der Waals surface area contributed by atoms with E-state index in [-0.39, 0.29) is 5.54 Å². The largest absolute Gasteiger partial charge is 0.496 e. The number of hydrogen-bond donors (Lipinski definition) is 1. The SMILES string of the molecule is COc1c(C)ccc(C(C)C)c1C1(C)CCCN1. The first-order chi connectivity index (χ1) is 8.49. The second-order valence-electron chi connectivity index (χ2n) is 5.90. The van der Waals surface area contributed by atoms with Gasteiger partial charge >= 0.3 is 0 Å². The molecular formula is C16H25NO. The number of nitrogens with one attached hydrogen (secondary N) is 1. The zero-order chi connectivity index (χ0) is 13.3. The fraction of sp³-hybridized carbons (Fsp3) is 0.625. The van der Waals surface area contributed by atoms with E-state index in [1.165, 1.54) is 29.5 Å². The van der Waals surface area contributed by atoms with E-state index in [9.17, 15) is 0 Å². The van der Waals surface area contributed by atoms with Crippen molar-refractivity contribution in [1.29, 1.82) is 0 Å². The van der Waals surface area contributed by atoms with Gasteiger partial charge in [-0.1, -0.05) is 26.0 Å². The van der Waals surface area contributed by atoms with Gasteiger partial charge in [0.25, 0.3) is 0 Å². The highest BCUT2D eigenvalue weighted by Crippen LogP contribution is 2.42. The first-order valence-electron chi connectivity index (χ1n) is 6.92. The Bertz CT molecular complexity index is 431. The molecule has 0 amide bonds. The third-order valence-corrected chi connectivity index (χ3v) is 4.13. The van der Waals surface area contributed by atoms with Crippen LogP contribution in [0.4, 0.5) is 0 Å². The van der Waals surface area contributed by atoms with Gasteiger partial charge in [-0.3, -0.25) is 0 Å². The fourth-order valence-electron chi connectivity index (χ4n) is 3.12. The predicted molar refractivity (Wildman–Crippen MR) is 76.4 cm³/mol. The molecule has 1 saturated heterocycles. The van der Waals surface area contributed by atoms with Crippen molar-refractivity contribution in [1.82, 2.24) is 5.32 Å². The summed E-state index contributed by atoms with van der Waals surface area (Å²) in [5, 5.41) is 3.67. The molecule has 2 heteroatoms. The van der Waals surface area contributed by atoms with Gasteiger partial charge in [-0.05, 0) is 50.3 Å². The minimum Gasteiger partial charge on any atom is -0.496 e. The fourth-order valence-corrected chi connectivity index (χ4v) is 3.12. The Morgan fingerprint density at radius 3 is 2.56 bits per heavy atom. The van der Waals surface area contributed by atoms with E-state index in [1.807, 2.05) is 0 Å². The van der Waals surface area contributed by atoms with Crippen LogP contribution in [-0.4, -0.2) is 13.7 Å². The Hall–Kier alpha value is -1.02.